The van der Waals surface area contributed by atoms with Crippen molar-refractivity contribution in [3.05, 3.63) is 35.4 Å². The fourth-order valence-corrected chi connectivity index (χ4v) is 5.75. The number of nitrogens with one attached hydrogen (secondary N) is 1. The van der Waals surface area contributed by atoms with E-state index in [1.54, 1.807) is 0 Å². The quantitative estimate of drug-likeness (QED) is 0.875. The highest BCUT2D eigenvalue weighted by Crippen LogP contribution is 2.58. The van der Waals surface area contributed by atoms with E-state index < -0.39 is 0 Å². The molecule has 144 valence electrons. The average Bonchev–Trinajstić information content (AvgIpc) is 2.93. The second kappa shape index (κ2) is 5.66. The summed E-state index contributed by atoms with van der Waals surface area (Å²) >= 11 is 0. The molecule has 1 aromatic carbocycles. The number of benzene rings is 1. The zero-order chi connectivity index (χ0) is 19.0. The molecule has 2 heterocycles. The maximum absolute atomic E-state index is 12.8. The fourth-order valence-electron chi connectivity index (χ4n) is 5.75. The van der Waals surface area contributed by atoms with Crippen molar-refractivity contribution in [3.8, 4) is 0 Å². The topological polar surface area (TPSA) is 49.4 Å². The van der Waals surface area contributed by atoms with Crippen molar-refractivity contribution >= 4 is 11.7 Å². The number of hydrogen-bond acceptors (Lipinski definition) is 3. The molecule has 2 aliphatic heterocycles. The van der Waals surface area contributed by atoms with Crippen LogP contribution in [-0.2, 0) is 15.0 Å². The van der Waals surface area contributed by atoms with E-state index in [4.69, 9.17) is 0 Å². The molecule has 0 aromatic heterocycles. The molecule has 2 saturated carbocycles. The number of Topliss-reactive ketones (excluding diaryl/α,β-unsaturated/α-hetero) is 1. The van der Waals surface area contributed by atoms with Gasteiger partial charge in [-0.25, -0.2) is 0 Å². The van der Waals surface area contributed by atoms with E-state index in [2.05, 4.69) is 55.3 Å². The van der Waals surface area contributed by atoms with Crippen LogP contribution in [0.2, 0.25) is 0 Å². The van der Waals surface area contributed by atoms with Crippen molar-refractivity contribution < 1.29 is 9.59 Å². The number of piperidine rings is 1. The van der Waals surface area contributed by atoms with Gasteiger partial charge in [0.1, 0.15) is 5.78 Å². The summed E-state index contributed by atoms with van der Waals surface area (Å²) in [5, 5.41) is 3.44. The lowest BCUT2D eigenvalue weighted by Crippen LogP contribution is -2.67. The molecule has 4 heteroatoms. The van der Waals surface area contributed by atoms with Crippen LogP contribution in [0.1, 0.15) is 63.5 Å². The summed E-state index contributed by atoms with van der Waals surface area (Å²) in [6.45, 7) is 8.55. The van der Waals surface area contributed by atoms with Crippen molar-refractivity contribution in [2.75, 3.05) is 13.1 Å². The molecule has 5 atom stereocenters. The number of hydrogen-bond donors (Lipinski definition) is 1. The van der Waals surface area contributed by atoms with Gasteiger partial charge in [0.25, 0.3) is 0 Å². The minimum Gasteiger partial charge on any atom is -0.341 e. The summed E-state index contributed by atoms with van der Waals surface area (Å²) in [6.07, 6.45) is 3.06. The van der Waals surface area contributed by atoms with Crippen LogP contribution in [-0.4, -0.2) is 41.3 Å². The summed E-state index contributed by atoms with van der Waals surface area (Å²) < 4.78 is 0. The first-order valence-electron chi connectivity index (χ1n) is 10.4. The Labute approximate surface area is 161 Å². The first kappa shape index (κ1) is 17.4. The molecule has 0 bridgehead atoms. The van der Waals surface area contributed by atoms with Crippen LogP contribution in [0.25, 0.3) is 0 Å². The Balaban J connectivity index is 1.16. The number of carbonyl (C=O) groups is 2. The number of fused-ring (bicyclic) bond motifs is 1. The first-order valence-corrected chi connectivity index (χ1v) is 10.4. The van der Waals surface area contributed by atoms with E-state index in [0.29, 0.717) is 36.4 Å². The molecule has 2 aliphatic carbocycles. The molecule has 1 spiro atoms. The normalized spacial score (nSPS) is 37.4. The van der Waals surface area contributed by atoms with Gasteiger partial charge in [0, 0.05) is 31.5 Å². The van der Waals surface area contributed by atoms with Crippen LogP contribution in [0, 0.1) is 11.8 Å². The number of rotatable bonds is 2. The Morgan fingerprint density at radius 3 is 2.30 bits per heavy atom. The number of carbonyl (C=O) groups excluding carboxylic acids is 2. The minimum atomic E-state index is -0.0575. The lowest BCUT2D eigenvalue weighted by Gasteiger charge is -2.47. The van der Waals surface area contributed by atoms with Gasteiger partial charge in [-0.3, -0.25) is 14.9 Å². The molecule has 4 fully saturated rings. The van der Waals surface area contributed by atoms with Crippen LogP contribution in [0.15, 0.2) is 24.3 Å². The SMILES string of the molecule is CC(C)(C)c1ccc(C2[C@H]3CN(C(=O)[C@H]4C[C@]5(CCC(=O)C5)N4)C[C@@H]23)cc1. The van der Waals surface area contributed by atoms with Gasteiger partial charge in [0.15, 0.2) is 0 Å². The maximum atomic E-state index is 12.8. The molecule has 4 aliphatic rings. The molecular weight excluding hydrogens is 336 g/mol. The van der Waals surface area contributed by atoms with Crippen LogP contribution < -0.4 is 5.32 Å². The van der Waals surface area contributed by atoms with Gasteiger partial charge < -0.3 is 4.90 Å². The number of ketones is 1. The van der Waals surface area contributed by atoms with Crippen molar-refractivity contribution in [2.24, 2.45) is 11.8 Å². The molecule has 1 aromatic rings. The standard InChI is InChI=1S/C23H30N2O2/c1-22(2,3)15-6-4-14(5-7-15)20-17-12-25(13-18(17)20)21(27)19-11-23(24-19)9-8-16(26)10-23/h4-7,17-20,24H,8-13H2,1-3H3/t17-,18+,19-,20?,23-/m1/s1. The maximum Gasteiger partial charge on any atom is 0.239 e. The summed E-state index contributed by atoms with van der Waals surface area (Å²) in [5.41, 5.74) is 2.97. The molecular formula is C23H30N2O2. The highest BCUT2D eigenvalue weighted by Gasteiger charge is 2.59. The molecule has 5 rings (SSSR count). The summed E-state index contributed by atoms with van der Waals surface area (Å²) in [7, 11) is 0. The number of nitrogens with zero attached hydrogens (tertiary/aromatic N) is 1. The first-order chi connectivity index (χ1) is 12.8. The van der Waals surface area contributed by atoms with Gasteiger partial charge in [0.2, 0.25) is 5.91 Å². The molecule has 0 radical (unpaired) electrons. The van der Waals surface area contributed by atoms with E-state index >= 15 is 0 Å². The van der Waals surface area contributed by atoms with E-state index in [9.17, 15) is 9.59 Å². The van der Waals surface area contributed by atoms with E-state index in [1.807, 2.05) is 0 Å². The largest absolute Gasteiger partial charge is 0.341 e. The predicted octanol–water partition coefficient (Wildman–Crippen LogP) is 3.01. The van der Waals surface area contributed by atoms with Crippen LogP contribution in [0.3, 0.4) is 0 Å². The van der Waals surface area contributed by atoms with Crippen LogP contribution in [0.5, 0.6) is 0 Å². The van der Waals surface area contributed by atoms with Gasteiger partial charge in [0.05, 0.1) is 6.04 Å². The van der Waals surface area contributed by atoms with Gasteiger partial charge in [-0.15, -0.1) is 0 Å². The third-order valence-electron chi connectivity index (χ3n) is 7.46. The Bertz CT molecular complexity index is 774. The lowest BCUT2D eigenvalue weighted by atomic mass is 9.79. The van der Waals surface area contributed by atoms with E-state index in [0.717, 1.165) is 25.9 Å². The zero-order valence-corrected chi connectivity index (χ0v) is 16.6. The number of amides is 1. The van der Waals surface area contributed by atoms with E-state index in [-0.39, 0.29) is 22.9 Å². The minimum absolute atomic E-state index is 0.0443. The van der Waals surface area contributed by atoms with Crippen molar-refractivity contribution in [2.45, 2.75) is 69.4 Å². The molecule has 2 saturated heterocycles. The highest BCUT2D eigenvalue weighted by molar-refractivity contribution is 5.87. The molecule has 1 N–H and O–H groups in total. The fraction of sp³-hybridized carbons (Fsp3) is 0.652. The molecule has 1 amide bonds. The third kappa shape index (κ3) is 2.84. The Morgan fingerprint density at radius 1 is 1.15 bits per heavy atom. The summed E-state index contributed by atoms with van der Waals surface area (Å²) in [5.74, 6) is 2.51. The van der Waals surface area contributed by atoms with Gasteiger partial charge in [-0.1, -0.05) is 45.0 Å². The molecule has 4 nitrogen and oxygen atoms in total. The van der Waals surface area contributed by atoms with Gasteiger partial charge in [-0.2, -0.15) is 0 Å². The van der Waals surface area contributed by atoms with Crippen molar-refractivity contribution in [1.82, 2.24) is 10.2 Å². The Kier molecular flexibility index (Phi) is 3.65. The Hall–Kier alpha value is -1.68. The van der Waals surface area contributed by atoms with Crippen molar-refractivity contribution in [1.29, 1.82) is 0 Å². The monoisotopic (exact) mass is 366 g/mol. The van der Waals surface area contributed by atoms with Crippen LogP contribution >= 0.6 is 0 Å². The third-order valence-corrected chi connectivity index (χ3v) is 7.46. The lowest BCUT2D eigenvalue weighted by molar-refractivity contribution is -0.138. The Morgan fingerprint density at radius 2 is 1.78 bits per heavy atom. The number of likely N-dealkylation sites (tertiary alicyclic amines) is 1. The van der Waals surface area contributed by atoms with E-state index in [1.165, 1.54) is 11.1 Å². The molecule has 1 unspecified atom stereocenters. The highest BCUT2D eigenvalue weighted by atomic mass is 16.2. The van der Waals surface area contributed by atoms with Crippen molar-refractivity contribution in [3.63, 3.8) is 0 Å². The predicted molar refractivity (Wildman–Crippen MR) is 105 cm³/mol. The van der Waals surface area contributed by atoms with Crippen LogP contribution in [0.4, 0.5) is 0 Å². The smallest absolute Gasteiger partial charge is 0.239 e. The second-order valence-corrected chi connectivity index (χ2v) is 10.4. The zero-order valence-electron chi connectivity index (χ0n) is 16.6. The summed E-state index contributed by atoms with van der Waals surface area (Å²) in [6, 6.07) is 9.08. The molecule has 27 heavy (non-hydrogen) atoms. The van der Waals surface area contributed by atoms with Gasteiger partial charge >= 0.3 is 0 Å². The second-order valence-electron chi connectivity index (χ2n) is 10.4. The average molecular weight is 367 g/mol. The van der Waals surface area contributed by atoms with Gasteiger partial charge in [-0.05, 0) is 47.1 Å². The summed E-state index contributed by atoms with van der Waals surface area (Å²) in [4.78, 5) is 26.4.